The van der Waals surface area contributed by atoms with Crippen LogP contribution in [0.4, 0.5) is 0 Å². The fourth-order valence-electron chi connectivity index (χ4n) is 4.47. The molecule has 0 saturated carbocycles. The zero-order valence-electron chi connectivity index (χ0n) is 17.9. The molecule has 0 radical (unpaired) electrons. The Bertz CT molecular complexity index is 557. The maximum absolute atomic E-state index is 2.64. The minimum atomic E-state index is 1.22. The van der Waals surface area contributed by atoms with Crippen molar-refractivity contribution >= 4 is 0 Å². The van der Waals surface area contributed by atoms with Gasteiger partial charge >= 0.3 is 0 Å². The van der Waals surface area contributed by atoms with Crippen molar-refractivity contribution in [3.63, 3.8) is 0 Å². The highest BCUT2D eigenvalue weighted by atomic mass is 15.2. The lowest BCUT2D eigenvalue weighted by atomic mass is 9.94. The lowest BCUT2D eigenvalue weighted by Crippen LogP contribution is -2.44. The van der Waals surface area contributed by atoms with E-state index in [1.165, 1.54) is 96.7 Å². The SMILES string of the molecule is Cc1cccc(CCCN2CCN(C)CC2)c1CCCN1CCN(C)CC1. The zero-order chi connectivity index (χ0) is 19.1. The summed E-state index contributed by atoms with van der Waals surface area (Å²) in [4.78, 5) is 10.2. The molecule has 27 heavy (non-hydrogen) atoms. The Morgan fingerprint density at radius 2 is 1.22 bits per heavy atom. The van der Waals surface area contributed by atoms with E-state index in [-0.39, 0.29) is 0 Å². The molecule has 0 N–H and O–H groups in total. The van der Waals surface area contributed by atoms with Crippen LogP contribution in [0.1, 0.15) is 29.5 Å². The molecule has 4 heteroatoms. The number of likely N-dealkylation sites (N-methyl/N-ethyl adjacent to an activating group) is 2. The quantitative estimate of drug-likeness (QED) is 0.694. The molecule has 0 spiro atoms. The van der Waals surface area contributed by atoms with Gasteiger partial charge in [-0.1, -0.05) is 18.2 Å². The van der Waals surface area contributed by atoms with E-state index in [0.717, 1.165) is 0 Å². The van der Waals surface area contributed by atoms with E-state index in [0.29, 0.717) is 0 Å². The summed E-state index contributed by atoms with van der Waals surface area (Å²) in [5.41, 5.74) is 4.72. The van der Waals surface area contributed by atoms with Crippen molar-refractivity contribution in [2.45, 2.75) is 32.6 Å². The maximum atomic E-state index is 2.64. The van der Waals surface area contributed by atoms with Crippen molar-refractivity contribution < 1.29 is 0 Å². The van der Waals surface area contributed by atoms with Crippen LogP contribution < -0.4 is 0 Å². The summed E-state index contributed by atoms with van der Waals surface area (Å²) in [7, 11) is 4.47. The molecule has 152 valence electrons. The number of aryl methyl sites for hydroxylation is 2. The van der Waals surface area contributed by atoms with E-state index >= 15 is 0 Å². The van der Waals surface area contributed by atoms with Gasteiger partial charge in [-0.15, -0.1) is 0 Å². The molecule has 0 aliphatic carbocycles. The van der Waals surface area contributed by atoms with Gasteiger partial charge in [0.25, 0.3) is 0 Å². The number of piperazine rings is 2. The molecule has 0 amide bonds. The van der Waals surface area contributed by atoms with E-state index in [1.807, 2.05) is 0 Å². The molecule has 2 fully saturated rings. The Morgan fingerprint density at radius 3 is 1.78 bits per heavy atom. The van der Waals surface area contributed by atoms with Gasteiger partial charge in [-0.05, 0) is 76.5 Å². The molecule has 3 rings (SSSR count). The molecule has 0 atom stereocenters. The van der Waals surface area contributed by atoms with E-state index in [1.54, 1.807) is 11.1 Å². The molecule has 4 nitrogen and oxygen atoms in total. The molecular weight excluding hydrogens is 332 g/mol. The van der Waals surface area contributed by atoms with Crippen LogP contribution in [-0.4, -0.2) is 99.1 Å². The summed E-state index contributed by atoms with van der Waals surface area (Å²) in [6.45, 7) is 14.7. The van der Waals surface area contributed by atoms with Crippen LogP contribution in [0.25, 0.3) is 0 Å². The van der Waals surface area contributed by atoms with Gasteiger partial charge in [-0.3, -0.25) is 0 Å². The second-order valence-electron chi connectivity index (χ2n) is 8.71. The predicted octanol–water partition coefficient (Wildman–Crippen LogP) is 2.36. The number of hydrogen-bond acceptors (Lipinski definition) is 4. The van der Waals surface area contributed by atoms with Crippen LogP contribution in [0.2, 0.25) is 0 Å². The molecule has 1 aromatic carbocycles. The van der Waals surface area contributed by atoms with Crippen molar-refractivity contribution in [3.8, 4) is 0 Å². The predicted molar refractivity (Wildman–Crippen MR) is 116 cm³/mol. The van der Waals surface area contributed by atoms with Gasteiger partial charge < -0.3 is 19.6 Å². The molecule has 0 unspecified atom stereocenters. The fraction of sp³-hybridized carbons (Fsp3) is 0.739. The smallest absolute Gasteiger partial charge is 0.0110 e. The van der Waals surface area contributed by atoms with Crippen LogP contribution in [0, 0.1) is 6.92 Å². The molecule has 2 heterocycles. The number of hydrogen-bond donors (Lipinski definition) is 0. The van der Waals surface area contributed by atoms with Gasteiger partial charge in [0.15, 0.2) is 0 Å². The number of nitrogens with zero attached hydrogens (tertiary/aromatic N) is 4. The Morgan fingerprint density at radius 1 is 0.704 bits per heavy atom. The van der Waals surface area contributed by atoms with Gasteiger partial charge in [0.2, 0.25) is 0 Å². The molecule has 0 aromatic heterocycles. The van der Waals surface area contributed by atoms with E-state index in [9.17, 15) is 0 Å². The topological polar surface area (TPSA) is 13.0 Å². The van der Waals surface area contributed by atoms with Crippen molar-refractivity contribution in [1.29, 1.82) is 0 Å². The highest BCUT2D eigenvalue weighted by molar-refractivity contribution is 5.34. The molecule has 2 saturated heterocycles. The zero-order valence-corrected chi connectivity index (χ0v) is 17.9. The molecule has 0 bridgehead atoms. The summed E-state index contributed by atoms with van der Waals surface area (Å²) in [5, 5.41) is 0. The third kappa shape index (κ3) is 6.56. The van der Waals surface area contributed by atoms with Crippen molar-refractivity contribution in [3.05, 3.63) is 34.9 Å². The largest absolute Gasteiger partial charge is 0.304 e. The lowest BCUT2D eigenvalue weighted by Gasteiger charge is -2.32. The third-order valence-electron chi connectivity index (χ3n) is 6.52. The first-order chi connectivity index (χ1) is 13.1. The summed E-state index contributed by atoms with van der Waals surface area (Å²) < 4.78 is 0. The number of benzene rings is 1. The van der Waals surface area contributed by atoms with Gasteiger partial charge in [0, 0.05) is 52.4 Å². The third-order valence-corrected chi connectivity index (χ3v) is 6.52. The summed E-state index contributed by atoms with van der Waals surface area (Å²) in [6.07, 6.45) is 5.05. The molecule has 2 aliphatic rings. The van der Waals surface area contributed by atoms with E-state index in [2.05, 4.69) is 58.8 Å². The molecular formula is C23H40N4. The second-order valence-corrected chi connectivity index (χ2v) is 8.71. The normalized spacial score (nSPS) is 21.0. The Hall–Kier alpha value is -0.940. The highest BCUT2D eigenvalue weighted by Gasteiger charge is 2.15. The van der Waals surface area contributed by atoms with E-state index in [4.69, 9.17) is 0 Å². The summed E-state index contributed by atoms with van der Waals surface area (Å²) in [5.74, 6) is 0. The Kier molecular flexibility index (Phi) is 8.13. The minimum Gasteiger partial charge on any atom is -0.304 e. The van der Waals surface area contributed by atoms with Crippen LogP contribution in [-0.2, 0) is 12.8 Å². The average Bonchev–Trinajstić information content (AvgIpc) is 2.67. The lowest BCUT2D eigenvalue weighted by molar-refractivity contribution is 0.152. The first-order valence-electron chi connectivity index (χ1n) is 11.0. The minimum absolute atomic E-state index is 1.22. The maximum Gasteiger partial charge on any atom is 0.0110 e. The van der Waals surface area contributed by atoms with Crippen molar-refractivity contribution in [1.82, 2.24) is 19.6 Å². The standard InChI is InChI=1S/C23H40N4/c1-21-7-4-8-22(9-5-11-26-17-13-24(2)14-18-26)23(21)10-6-12-27-19-15-25(3)16-20-27/h4,7-8H,5-6,9-20H2,1-3H3. The Labute approximate surface area is 167 Å². The summed E-state index contributed by atoms with van der Waals surface area (Å²) in [6, 6.07) is 6.93. The monoisotopic (exact) mass is 372 g/mol. The van der Waals surface area contributed by atoms with Crippen LogP contribution in [0.15, 0.2) is 18.2 Å². The molecule has 2 aliphatic heterocycles. The van der Waals surface area contributed by atoms with E-state index < -0.39 is 0 Å². The van der Waals surface area contributed by atoms with Crippen LogP contribution in [0.5, 0.6) is 0 Å². The molecule has 1 aromatic rings. The van der Waals surface area contributed by atoms with Crippen molar-refractivity contribution in [2.24, 2.45) is 0 Å². The first kappa shape index (κ1) is 20.8. The average molecular weight is 373 g/mol. The van der Waals surface area contributed by atoms with Crippen LogP contribution in [0.3, 0.4) is 0 Å². The second kappa shape index (κ2) is 10.6. The van der Waals surface area contributed by atoms with Gasteiger partial charge in [0.05, 0.1) is 0 Å². The fourth-order valence-corrected chi connectivity index (χ4v) is 4.47. The van der Waals surface area contributed by atoms with Gasteiger partial charge in [-0.25, -0.2) is 0 Å². The van der Waals surface area contributed by atoms with Crippen LogP contribution >= 0.6 is 0 Å². The number of rotatable bonds is 8. The van der Waals surface area contributed by atoms with Crippen molar-refractivity contribution in [2.75, 3.05) is 79.5 Å². The first-order valence-corrected chi connectivity index (χ1v) is 11.0. The Balaban J connectivity index is 1.44. The van der Waals surface area contributed by atoms with Gasteiger partial charge in [-0.2, -0.15) is 0 Å². The highest BCUT2D eigenvalue weighted by Crippen LogP contribution is 2.19. The summed E-state index contributed by atoms with van der Waals surface area (Å²) >= 11 is 0. The van der Waals surface area contributed by atoms with Gasteiger partial charge in [0.1, 0.15) is 0 Å².